The first-order valence-corrected chi connectivity index (χ1v) is 7.96. The molecule has 0 atom stereocenters. The molecule has 2 aliphatic rings. The third-order valence-electron chi connectivity index (χ3n) is 4.36. The van der Waals surface area contributed by atoms with Gasteiger partial charge in [0.25, 0.3) is 0 Å². The Bertz CT molecular complexity index is 199. The summed E-state index contributed by atoms with van der Waals surface area (Å²) < 4.78 is 5.39. The Morgan fingerprint density at radius 2 is 1.78 bits per heavy atom. The summed E-state index contributed by atoms with van der Waals surface area (Å²) in [7, 11) is 0. The average molecular weight is 254 g/mol. The Morgan fingerprint density at radius 1 is 1.00 bits per heavy atom. The van der Waals surface area contributed by atoms with Gasteiger partial charge in [0.15, 0.2) is 0 Å². The number of hydrogen-bond donors (Lipinski definition) is 1. The maximum absolute atomic E-state index is 5.39. The molecule has 2 heterocycles. The van der Waals surface area contributed by atoms with E-state index in [1.54, 1.807) is 0 Å². The second-order valence-electron chi connectivity index (χ2n) is 5.85. The van der Waals surface area contributed by atoms with E-state index in [2.05, 4.69) is 10.2 Å². The van der Waals surface area contributed by atoms with Crippen molar-refractivity contribution < 1.29 is 4.74 Å². The number of hydrogen-bond acceptors (Lipinski definition) is 3. The van der Waals surface area contributed by atoms with E-state index >= 15 is 0 Å². The molecule has 0 aromatic carbocycles. The van der Waals surface area contributed by atoms with E-state index in [4.69, 9.17) is 4.74 Å². The van der Waals surface area contributed by atoms with Crippen molar-refractivity contribution in [1.29, 1.82) is 0 Å². The summed E-state index contributed by atoms with van der Waals surface area (Å²) >= 11 is 0. The van der Waals surface area contributed by atoms with Gasteiger partial charge in [0, 0.05) is 26.3 Å². The molecule has 2 aliphatic heterocycles. The molecular formula is C15H30N2O. The lowest BCUT2D eigenvalue weighted by molar-refractivity contribution is 0.0631. The monoisotopic (exact) mass is 254 g/mol. The minimum absolute atomic E-state index is 0.948. The van der Waals surface area contributed by atoms with Crippen molar-refractivity contribution in [2.45, 2.75) is 44.9 Å². The molecule has 0 saturated carbocycles. The van der Waals surface area contributed by atoms with Crippen LogP contribution >= 0.6 is 0 Å². The van der Waals surface area contributed by atoms with E-state index in [0.717, 1.165) is 19.1 Å². The maximum Gasteiger partial charge on any atom is 0.0468 e. The SMILES string of the molecule is C(CCC1CCOCC1)CNCCN1CCCC1. The van der Waals surface area contributed by atoms with Crippen LogP contribution in [-0.4, -0.2) is 50.8 Å². The number of ether oxygens (including phenoxy) is 1. The first-order valence-electron chi connectivity index (χ1n) is 7.96. The van der Waals surface area contributed by atoms with Crippen LogP contribution in [0.5, 0.6) is 0 Å². The predicted molar refractivity (Wildman–Crippen MR) is 75.9 cm³/mol. The van der Waals surface area contributed by atoms with Gasteiger partial charge in [0.1, 0.15) is 0 Å². The molecule has 0 bridgehead atoms. The molecule has 2 fully saturated rings. The molecule has 1 N–H and O–H groups in total. The average Bonchev–Trinajstić information content (AvgIpc) is 2.92. The van der Waals surface area contributed by atoms with Gasteiger partial charge in [0.2, 0.25) is 0 Å². The lowest BCUT2D eigenvalue weighted by Gasteiger charge is -2.21. The summed E-state index contributed by atoms with van der Waals surface area (Å²) in [6, 6.07) is 0. The van der Waals surface area contributed by atoms with Crippen molar-refractivity contribution in [3.63, 3.8) is 0 Å². The first kappa shape index (κ1) is 14.3. The third-order valence-corrected chi connectivity index (χ3v) is 4.36. The van der Waals surface area contributed by atoms with Crippen molar-refractivity contribution in [2.75, 3.05) is 45.9 Å². The molecule has 0 spiro atoms. The van der Waals surface area contributed by atoms with Gasteiger partial charge in [-0.3, -0.25) is 0 Å². The van der Waals surface area contributed by atoms with Crippen LogP contribution in [0.1, 0.15) is 44.9 Å². The van der Waals surface area contributed by atoms with E-state index < -0.39 is 0 Å². The summed E-state index contributed by atoms with van der Waals surface area (Å²) in [4.78, 5) is 2.58. The zero-order chi connectivity index (χ0) is 12.5. The van der Waals surface area contributed by atoms with Crippen LogP contribution in [-0.2, 0) is 4.74 Å². The zero-order valence-corrected chi connectivity index (χ0v) is 11.8. The summed E-state index contributed by atoms with van der Waals surface area (Å²) in [6.45, 7) is 8.28. The first-order chi connectivity index (χ1) is 8.95. The standard InChI is InChI=1S/C15H30N2O/c1(5-15-6-13-18-14-7-15)2-8-16-9-12-17-10-3-4-11-17/h15-16H,1-14H2. The second kappa shape index (κ2) is 8.89. The molecule has 106 valence electrons. The molecule has 0 aliphatic carbocycles. The number of unbranched alkanes of at least 4 members (excludes halogenated alkanes) is 1. The van der Waals surface area contributed by atoms with E-state index in [1.807, 2.05) is 0 Å². The van der Waals surface area contributed by atoms with E-state index in [0.29, 0.717) is 0 Å². The summed E-state index contributed by atoms with van der Waals surface area (Å²) in [5.41, 5.74) is 0. The number of nitrogens with zero attached hydrogens (tertiary/aromatic N) is 1. The molecule has 3 heteroatoms. The highest BCUT2D eigenvalue weighted by Crippen LogP contribution is 2.20. The van der Waals surface area contributed by atoms with Crippen molar-refractivity contribution in [1.82, 2.24) is 10.2 Å². The number of nitrogens with one attached hydrogen (secondary N) is 1. The lowest BCUT2D eigenvalue weighted by Crippen LogP contribution is -2.30. The van der Waals surface area contributed by atoms with Gasteiger partial charge in [-0.05, 0) is 57.7 Å². The molecule has 0 radical (unpaired) electrons. The van der Waals surface area contributed by atoms with Crippen molar-refractivity contribution in [3.8, 4) is 0 Å². The van der Waals surface area contributed by atoms with Crippen LogP contribution < -0.4 is 5.32 Å². The summed E-state index contributed by atoms with van der Waals surface area (Å²) in [5.74, 6) is 0.948. The molecule has 2 rings (SSSR count). The maximum atomic E-state index is 5.39. The quantitative estimate of drug-likeness (QED) is 0.673. The van der Waals surface area contributed by atoms with Crippen LogP contribution in [0.4, 0.5) is 0 Å². The second-order valence-corrected chi connectivity index (χ2v) is 5.85. The van der Waals surface area contributed by atoms with Crippen LogP contribution in [0.15, 0.2) is 0 Å². The molecular weight excluding hydrogens is 224 g/mol. The Hall–Kier alpha value is -0.120. The Kier molecular flexibility index (Phi) is 7.06. The fraction of sp³-hybridized carbons (Fsp3) is 1.00. The highest BCUT2D eigenvalue weighted by Gasteiger charge is 2.13. The summed E-state index contributed by atoms with van der Waals surface area (Å²) in [5, 5.41) is 3.58. The van der Waals surface area contributed by atoms with Crippen LogP contribution in [0.3, 0.4) is 0 Å². The van der Waals surface area contributed by atoms with Gasteiger partial charge < -0.3 is 15.0 Å². The minimum atomic E-state index is 0.948. The smallest absolute Gasteiger partial charge is 0.0468 e. The Balaban J connectivity index is 1.35. The Labute approximate surface area is 112 Å². The van der Waals surface area contributed by atoms with Crippen LogP contribution in [0.25, 0.3) is 0 Å². The fourth-order valence-corrected chi connectivity index (χ4v) is 3.09. The van der Waals surface area contributed by atoms with Gasteiger partial charge in [-0.15, -0.1) is 0 Å². The Morgan fingerprint density at radius 3 is 2.56 bits per heavy atom. The highest BCUT2D eigenvalue weighted by atomic mass is 16.5. The van der Waals surface area contributed by atoms with Gasteiger partial charge in [-0.2, -0.15) is 0 Å². The van der Waals surface area contributed by atoms with E-state index in [1.165, 1.54) is 77.7 Å². The van der Waals surface area contributed by atoms with Crippen molar-refractivity contribution >= 4 is 0 Å². The molecule has 0 aromatic rings. The zero-order valence-electron chi connectivity index (χ0n) is 11.8. The molecule has 2 saturated heterocycles. The third kappa shape index (κ3) is 5.68. The van der Waals surface area contributed by atoms with Crippen molar-refractivity contribution in [3.05, 3.63) is 0 Å². The molecule has 0 amide bonds. The van der Waals surface area contributed by atoms with E-state index in [9.17, 15) is 0 Å². The summed E-state index contributed by atoms with van der Waals surface area (Å²) in [6.07, 6.45) is 9.55. The van der Waals surface area contributed by atoms with Gasteiger partial charge in [0.05, 0.1) is 0 Å². The molecule has 0 unspecified atom stereocenters. The molecule has 3 nitrogen and oxygen atoms in total. The molecule has 0 aromatic heterocycles. The van der Waals surface area contributed by atoms with Gasteiger partial charge in [-0.1, -0.05) is 12.8 Å². The molecule has 18 heavy (non-hydrogen) atoms. The van der Waals surface area contributed by atoms with Gasteiger partial charge in [-0.25, -0.2) is 0 Å². The minimum Gasteiger partial charge on any atom is -0.381 e. The largest absolute Gasteiger partial charge is 0.381 e. The number of rotatable bonds is 8. The number of likely N-dealkylation sites (tertiary alicyclic amines) is 1. The topological polar surface area (TPSA) is 24.5 Å². The van der Waals surface area contributed by atoms with Crippen molar-refractivity contribution in [2.24, 2.45) is 5.92 Å². The highest BCUT2D eigenvalue weighted by molar-refractivity contribution is 4.67. The van der Waals surface area contributed by atoms with Crippen LogP contribution in [0.2, 0.25) is 0 Å². The fourth-order valence-electron chi connectivity index (χ4n) is 3.09. The van der Waals surface area contributed by atoms with Crippen LogP contribution in [0, 0.1) is 5.92 Å². The van der Waals surface area contributed by atoms with Gasteiger partial charge >= 0.3 is 0 Å². The van der Waals surface area contributed by atoms with E-state index in [-0.39, 0.29) is 0 Å². The predicted octanol–water partition coefficient (Wildman–Crippen LogP) is 2.27. The lowest BCUT2D eigenvalue weighted by atomic mass is 9.94. The normalized spacial score (nSPS) is 22.7.